The molecule has 0 fully saturated rings. The van der Waals surface area contributed by atoms with Gasteiger partial charge >= 0.3 is 68.9 Å². The zero-order valence-electron chi connectivity index (χ0n) is 4.83. The van der Waals surface area contributed by atoms with E-state index in [4.69, 9.17) is 20.4 Å². The molecule has 0 aliphatic rings. The normalized spacial score (nSPS) is 5.25. The molecular weight excluding hydrogens is 235 g/mol. The maximum atomic E-state index is 8.25. The van der Waals surface area contributed by atoms with Crippen molar-refractivity contribution >= 4 is 0 Å². The SMILES string of the molecule is CCO.O=[N+]([O-])[O-].[Cs+]. The summed E-state index contributed by atoms with van der Waals surface area (Å²) in [6, 6.07) is 0. The van der Waals surface area contributed by atoms with Gasteiger partial charge in [-0.3, -0.25) is 0 Å². The predicted octanol–water partition coefficient (Wildman–Crippen LogP) is -3.24. The molecule has 5 nitrogen and oxygen atoms in total. The van der Waals surface area contributed by atoms with Crippen LogP contribution in [0.5, 0.6) is 0 Å². The Balaban J connectivity index is -0.0000000575. The third-order valence-electron chi connectivity index (χ3n) is 0. The monoisotopic (exact) mass is 241 g/mol. The van der Waals surface area contributed by atoms with Crippen LogP contribution >= 0.6 is 0 Å². The Kier molecular flexibility index (Phi) is 31.6. The summed E-state index contributed by atoms with van der Waals surface area (Å²) in [6.45, 7) is 1.93. The third kappa shape index (κ3) is 189. The molecule has 0 unspecified atom stereocenters. The summed E-state index contributed by atoms with van der Waals surface area (Å²) in [7, 11) is 0. The van der Waals surface area contributed by atoms with Gasteiger partial charge in [0.15, 0.2) is 0 Å². The van der Waals surface area contributed by atoms with Crippen molar-refractivity contribution in [2.24, 2.45) is 0 Å². The van der Waals surface area contributed by atoms with Gasteiger partial charge in [-0.1, -0.05) is 0 Å². The first kappa shape index (κ1) is 16.1. The molecule has 0 radical (unpaired) electrons. The number of aliphatic hydroxyl groups excluding tert-OH is 1. The summed E-state index contributed by atoms with van der Waals surface area (Å²) >= 11 is 0. The van der Waals surface area contributed by atoms with Crippen LogP contribution in [-0.2, 0) is 0 Å². The molecule has 0 spiro atoms. The number of hydrogen-bond acceptors (Lipinski definition) is 4. The molecule has 0 aliphatic heterocycles. The van der Waals surface area contributed by atoms with Crippen LogP contribution in [0.1, 0.15) is 6.92 Å². The van der Waals surface area contributed by atoms with Gasteiger partial charge in [-0.15, -0.1) is 0 Å². The Morgan fingerprint density at radius 2 is 1.62 bits per heavy atom. The van der Waals surface area contributed by atoms with Crippen molar-refractivity contribution < 1.29 is 79.1 Å². The van der Waals surface area contributed by atoms with Crippen molar-refractivity contribution in [2.75, 3.05) is 6.61 Å². The molecule has 0 aromatic heterocycles. The average molecular weight is 241 g/mol. The van der Waals surface area contributed by atoms with Gasteiger partial charge in [0.1, 0.15) is 0 Å². The van der Waals surface area contributed by atoms with E-state index in [1.54, 1.807) is 6.92 Å². The molecule has 6 heteroatoms. The van der Waals surface area contributed by atoms with Crippen molar-refractivity contribution in [1.29, 1.82) is 0 Å². The van der Waals surface area contributed by atoms with Crippen LogP contribution in [-0.4, -0.2) is 16.8 Å². The first-order chi connectivity index (χ1) is 3.15. The van der Waals surface area contributed by atoms with Gasteiger partial charge in [0.2, 0.25) is 0 Å². The Morgan fingerprint density at radius 3 is 1.62 bits per heavy atom. The summed E-state index contributed by atoms with van der Waals surface area (Å²) in [6.07, 6.45) is 0. The van der Waals surface area contributed by atoms with E-state index in [0.717, 1.165) is 0 Å². The van der Waals surface area contributed by atoms with Crippen molar-refractivity contribution in [3.05, 3.63) is 15.3 Å². The van der Waals surface area contributed by atoms with E-state index in [1.165, 1.54) is 0 Å². The Hall–Kier alpha value is 1.21. The van der Waals surface area contributed by atoms with Gasteiger partial charge < -0.3 is 20.4 Å². The second-order valence-electron chi connectivity index (χ2n) is 0.540. The zero-order valence-corrected chi connectivity index (χ0v) is 11.1. The maximum absolute atomic E-state index is 8.25. The van der Waals surface area contributed by atoms with Crippen LogP contribution in [0.25, 0.3) is 0 Å². The minimum Gasteiger partial charge on any atom is -0.397 e. The molecule has 0 amide bonds. The Labute approximate surface area is 106 Å². The van der Waals surface area contributed by atoms with Crippen molar-refractivity contribution in [1.82, 2.24) is 0 Å². The molecule has 0 heterocycles. The van der Waals surface area contributed by atoms with Crippen LogP contribution in [0.4, 0.5) is 0 Å². The van der Waals surface area contributed by atoms with Gasteiger partial charge in [0.05, 0.1) is 5.09 Å². The van der Waals surface area contributed by atoms with Crippen LogP contribution < -0.4 is 68.9 Å². The van der Waals surface area contributed by atoms with E-state index in [1.807, 2.05) is 0 Å². The quantitative estimate of drug-likeness (QED) is 0.356. The van der Waals surface area contributed by atoms with E-state index in [0.29, 0.717) is 0 Å². The molecule has 0 bridgehead atoms. The first-order valence-corrected chi connectivity index (χ1v) is 1.57. The number of hydrogen-bond donors (Lipinski definition) is 1. The van der Waals surface area contributed by atoms with E-state index in [2.05, 4.69) is 0 Å². The minimum absolute atomic E-state index is 0. The summed E-state index contributed by atoms with van der Waals surface area (Å²) in [5.74, 6) is 0. The molecule has 44 valence electrons. The zero-order chi connectivity index (χ0) is 6.28. The maximum Gasteiger partial charge on any atom is 1.00 e. The van der Waals surface area contributed by atoms with Gasteiger partial charge in [0.25, 0.3) is 0 Å². The fourth-order valence-corrected chi connectivity index (χ4v) is 0. The van der Waals surface area contributed by atoms with Gasteiger partial charge in [0, 0.05) is 6.61 Å². The molecule has 8 heavy (non-hydrogen) atoms. The summed E-state index contributed by atoms with van der Waals surface area (Å²) in [4.78, 5) is 8.25. The molecule has 0 aliphatic carbocycles. The Morgan fingerprint density at radius 1 is 1.62 bits per heavy atom. The van der Waals surface area contributed by atoms with E-state index in [9.17, 15) is 0 Å². The summed E-state index contributed by atoms with van der Waals surface area (Å²) in [5.41, 5.74) is 0. The van der Waals surface area contributed by atoms with Gasteiger partial charge in [-0.05, 0) is 6.92 Å². The van der Waals surface area contributed by atoms with Crippen molar-refractivity contribution in [2.45, 2.75) is 6.92 Å². The smallest absolute Gasteiger partial charge is 0.397 e. The summed E-state index contributed by atoms with van der Waals surface area (Å²) < 4.78 is 0. The minimum atomic E-state index is -1.75. The fraction of sp³-hybridized carbons (Fsp3) is 1.00. The molecule has 0 atom stereocenters. The second kappa shape index (κ2) is 15.7. The van der Waals surface area contributed by atoms with Gasteiger partial charge in [-0.25, -0.2) is 0 Å². The first-order valence-electron chi connectivity index (χ1n) is 1.57. The van der Waals surface area contributed by atoms with Crippen molar-refractivity contribution in [3.63, 3.8) is 0 Å². The molecule has 0 aromatic carbocycles. The molecule has 1 N–H and O–H groups in total. The molecule has 0 rings (SSSR count). The molecule has 0 saturated carbocycles. The largest absolute Gasteiger partial charge is 1.00 e. The summed E-state index contributed by atoms with van der Waals surface area (Å²) in [5, 5.41) is 22.3. The fourth-order valence-electron chi connectivity index (χ4n) is 0. The molecule has 0 saturated heterocycles. The van der Waals surface area contributed by atoms with Crippen LogP contribution in [0.3, 0.4) is 0 Å². The van der Waals surface area contributed by atoms with Crippen LogP contribution in [0.2, 0.25) is 0 Å². The third-order valence-corrected chi connectivity index (χ3v) is 0. The Bertz CT molecular complexity index is 45.3. The van der Waals surface area contributed by atoms with Crippen LogP contribution in [0.15, 0.2) is 0 Å². The number of nitrogens with zero attached hydrogens (tertiary/aromatic N) is 1. The molecular formula is C2H6CsNO4. The van der Waals surface area contributed by atoms with Gasteiger partial charge in [-0.2, -0.15) is 0 Å². The number of rotatable bonds is 0. The topological polar surface area (TPSA) is 86.4 Å². The van der Waals surface area contributed by atoms with E-state index < -0.39 is 5.09 Å². The van der Waals surface area contributed by atoms with E-state index >= 15 is 0 Å². The number of aliphatic hydroxyl groups is 1. The second-order valence-corrected chi connectivity index (χ2v) is 0.540. The average Bonchev–Trinajstić information content (AvgIpc) is 1.33. The van der Waals surface area contributed by atoms with Crippen LogP contribution in [0, 0.1) is 15.3 Å². The van der Waals surface area contributed by atoms with E-state index in [-0.39, 0.29) is 75.5 Å². The standard InChI is InChI=1S/C2H6O.Cs.NO3/c1-2-3;;2-1(3)4/h3H,2H2,1H3;;/q;+1;-1. The van der Waals surface area contributed by atoms with Crippen molar-refractivity contribution in [3.8, 4) is 0 Å². The predicted molar refractivity (Wildman–Crippen MR) is 23.1 cm³/mol. The molecule has 0 aromatic rings.